The maximum absolute atomic E-state index is 10.6. The first-order chi connectivity index (χ1) is 8.93. The summed E-state index contributed by atoms with van der Waals surface area (Å²) in [6, 6.07) is 1.97. The summed E-state index contributed by atoms with van der Waals surface area (Å²) >= 11 is 0. The lowest BCUT2D eigenvalue weighted by atomic mass is 9.89. The summed E-state index contributed by atoms with van der Waals surface area (Å²) in [4.78, 5) is 28.7. The first-order valence-electron chi connectivity index (χ1n) is 6.27. The minimum absolute atomic E-state index is 0.220. The van der Waals surface area contributed by atoms with Crippen LogP contribution in [0.25, 0.3) is 0 Å². The monoisotopic (exact) mass is 258 g/mol. The van der Waals surface area contributed by atoms with E-state index in [1.807, 2.05) is 40.7 Å². The van der Waals surface area contributed by atoms with Gasteiger partial charge in [0.2, 0.25) is 12.2 Å². The van der Waals surface area contributed by atoms with Crippen LogP contribution in [0.15, 0.2) is 16.1 Å². The van der Waals surface area contributed by atoms with Gasteiger partial charge in [-0.15, -0.1) is 0 Å². The maximum Gasteiger partial charge on any atom is 0.240 e. The first-order valence-corrected chi connectivity index (χ1v) is 6.27. The van der Waals surface area contributed by atoms with E-state index in [1.54, 1.807) is 12.2 Å². The molecule has 0 fully saturated rings. The molecular formula is C15H18N2O2. The molecule has 0 aliphatic heterocycles. The third-order valence-electron chi connectivity index (χ3n) is 3.13. The summed E-state index contributed by atoms with van der Waals surface area (Å²) < 4.78 is 0. The lowest BCUT2D eigenvalue weighted by Gasteiger charge is -2.18. The van der Waals surface area contributed by atoms with Gasteiger partial charge >= 0.3 is 0 Å². The Morgan fingerprint density at radius 1 is 0.895 bits per heavy atom. The number of carbonyl (C=O) groups excluding carboxylic acids is 2. The van der Waals surface area contributed by atoms with Crippen molar-refractivity contribution in [2.45, 2.75) is 46.5 Å². The quantitative estimate of drug-likeness (QED) is 0.601. The molecule has 0 aromatic heterocycles. The van der Waals surface area contributed by atoms with Crippen LogP contribution in [-0.4, -0.2) is 12.2 Å². The summed E-state index contributed by atoms with van der Waals surface area (Å²) in [6.45, 7) is 9.94. The third-order valence-corrected chi connectivity index (χ3v) is 3.13. The summed E-state index contributed by atoms with van der Waals surface area (Å²) in [5, 5.41) is 0. The van der Waals surface area contributed by atoms with E-state index in [-0.39, 0.29) is 11.8 Å². The van der Waals surface area contributed by atoms with E-state index in [4.69, 9.17) is 0 Å². The van der Waals surface area contributed by atoms with Gasteiger partial charge in [-0.3, -0.25) is 0 Å². The average molecular weight is 258 g/mol. The molecule has 0 bridgehead atoms. The summed E-state index contributed by atoms with van der Waals surface area (Å²) in [5.74, 6) is 0.440. The number of hydrogen-bond donors (Lipinski definition) is 0. The third kappa shape index (κ3) is 3.05. The molecule has 19 heavy (non-hydrogen) atoms. The molecule has 0 unspecified atom stereocenters. The number of isocyanates is 2. The summed E-state index contributed by atoms with van der Waals surface area (Å²) in [7, 11) is 0. The van der Waals surface area contributed by atoms with Crippen LogP contribution in [0.5, 0.6) is 0 Å². The van der Waals surface area contributed by atoms with Crippen LogP contribution in [-0.2, 0) is 9.59 Å². The van der Waals surface area contributed by atoms with E-state index in [2.05, 4.69) is 9.98 Å². The van der Waals surface area contributed by atoms with Crippen LogP contribution in [0.1, 0.15) is 56.2 Å². The van der Waals surface area contributed by atoms with Gasteiger partial charge in [0.25, 0.3) is 0 Å². The van der Waals surface area contributed by atoms with E-state index in [0.29, 0.717) is 11.4 Å². The van der Waals surface area contributed by atoms with Crippen molar-refractivity contribution < 1.29 is 9.59 Å². The Balaban J connectivity index is 3.79. The second-order valence-corrected chi connectivity index (χ2v) is 5.09. The molecule has 0 atom stereocenters. The number of aliphatic imine (C=N–C) groups is 2. The zero-order valence-corrected chi connectivity index (χ0v) is 11.9. The van der Waals surface area contributed by atoms with Crippen LogP contribution < -0.4 is 0 Å². The smallest absolute Gasteiger partial charge is 0.211 e. The SMILES string of the molecule is Cc1c(N=C=O)c(C(C)C)cc(C(C)C)c1N=C=O. The van der Waals surface area contributed by atoms with Crippen LogP contribution in [0, 0.1) is 6.92 Å². The molecule has 0 saturated carbocycles. The summed E-state index contributed by atoms with van der Waals surface area (Å²) in [5.41, 5.74) is 3.78. The van der Waals surface area contributed by atoms with Crippen molar-refractivity contribution in [3.63, 3.8) is 0 Å². The first kappa shape index (κ1) is 15.0. The van der Waals surface area contributed by atoms with Gasteiger partial charge < -0.3 is 0 Å². The van der Waals surface area contributed by atoms with Gasteiger partial charge in [-0.25, -0.2) is 9.59 Å². The predicted molar refractivity (Wildman–Crippen MR) is 74.9 cm³/mol. The minimum Gasteiger partial charge on any atom is -0.211 e. The van der Waals surface area contributed by atoms with E-state index in [9.17, 15) is 9.59 Å². The highest BCUT2D eigenvalue weighted by Gasteiger charge is 2.18. The van der Waals surface area contributed by atoms with Crippen LogP contribution >= 0.6 is 0 Å². The highest BCUT2D eigenvalue weighted by Crippen LogP contribution is 2.41. The fourth-order valence-electron chi connectivity index (χ4n) is 2.12. The van der Waals surface area contributed by atoms with Gasteiger partial charge in [0.05, 0.1) is 11.4 Å². The molecule has 0 heterocycles. The maximum atomic E-state index is 10.6. The van der Waals surface area contributed by atoms with Crippen molar-refractivity contribution in [3.05, 3.63) is 22.8 Å². The van der Waals surface area contributed by atoms with Crippen molar-refractivity contribution >= 4 is 23.5 Å². The number of hydrogen-bond acceptors (Lipinski definition) is 4. The normalized spacial score (nSPS) is 10.3. The van der Waals surface area contributed by atoms with E-state index in [0.717, 1.165) is 16.7 Å². The van der Waals surface area contributed by atoms with Gasteiger partial charge in [-0.2, -0.15) is 9.98 Å². The Kier molecular flexibility index (Phi) is 4.94. The van der Waals surface area contributed by atoms with E-state index in [1.165, 1.54) is 0 Å². The second-order valence-electron chi connectivity index (χ2n) is 5.09. The Morgan fingerprint density at radius 2 is 1.26 bits per heavy atom. The lowest BCUT2D eigenvalue weighted by Crippen LogP contribution is -1.98. The molecule has 0 aliphatic rings. The van der Waals surface area contributed by atoms with Crippen molar-refractivity contribution in [1.82, 2.24) is 0 Å². The summed E-state index contributed by atoms with van der Waals surface area (Å²) in [6.07, 6.45) is 3.15. The van der Waals surface area contributed by atoms with Crippen molar-refractivity contribution in [1.29, 1.82) is 0 Å². The van der Waals surface area contributed by atoms with Gasteiger partial charge in [0.15, 0.2) is 0 Å². The topological polar surface area (TPSA) is 58.9 Å². The number of rotatable bonds is 4. The lowest BCUT2D eigenvalue weighted by molar-refractivity contribution is 0.564. The zero-order chi connectivity index (χ0) is 14.6. The van der Waals surface area contributed by atoms with Gasteiger partial charge in [0.1, 0.15) is 0 Å². The van der Waals surface area contributed by atoms with Gasteiger partial charge in [-0.1, -0.05) is 33.8 Å². The van der Waals surface area contributed by atoms with Crippen LogP contribution in [0.4, 0.5) is 11.4 Å². The molecule has 1 aromatic rings. The molecule has 0 spiro atoms. The number of nitrogens with zero attached hydrogens (tertiary/aromatic N) is 2. The fraction of sp³-hybridized carbons (Fsp3) is 0.467. The largest absolute Gasteiger partial charge is 0.240 e. The Morgan fingerprint density at radius 3 is 1.53 bits per heavy atom. The molecule has 4 heteroatoms. The zero-order valence-electron chi connectivity index (χ0n) is 11.9. The minimum atomic E-state index is 0.220. The van der Waals surface area contributed by atoms with Crippen molar-refractivity contribution in [2.24, 2.45) is 9.98 Å². The molecular weight excluding hydrogens is 240 g/mol. The van der Waals surface area contributed by atoms with Gasteiger partial charge in [0, 0.05) is 5.56 Å². The number of benzene rings is 1. The predicted octanol–water partition coefficient (Wildman–Crippen LogP) is 4.18. The second kappa shape index (κ2) is 6.24. The van der Waals surface area contributed by atoms with Crippen molar-refractivity contribution in [3.8, 4) is 0 Å². The molecule has 0 amide bonds. The molecule has 4 nitrogen and oxygen atoms in total. The highest BCUT2D eigenvalue weighted by molar-refractivity contribution is 5.72. The van der Waals surface area contributed by atoms with E-state index >= 15 is 0 Å². The van der Waals surface area contributed by atoms with E-state index < -0.39 is 0 Å². The molecule has 0 aliphatic carbocycles. The van der Waals surface area contributed by atoms with Crippen molar-refractivity contribution in [2.75, 3.05) is 0 Å². The molecule has 0 N–H and O–H groups in total. The van der Waals surface area contributed by atoms with Crippen LogP contribution in [0.2, 0.25) is 0 Å². The standard InChI is InChI=1S/C15H18N2O2/c1-9(2)12-6-13(10(3)4)15(17-8-19)11(5)14(12)16-7-18/h6,9-10H,1-5H3. The Hall–Kier alpha value is -2.02. The van der Waals surface area contributed by atoms with Gasteiger partial charge in [-0.05, 0) is 29.9 Å². The molecule has 1 aromatic carbocycles. The van der Waals surface area contributed by atoms with Crippen LogP contribution in [0.3, 0.4) is 0 Å². The highest BCUT2D eigenvalue weighted by atomic mass is 16.1. The Bertz CT molecular complexity index is 528. The molecule has 0 saturated heterocycles. The molecule has 0 radical (unpaired) electrons. The average Bonchev–Trinajstić information content (AvgIpc) is 2.33. The molecule has 1 rings (SSSR count). The Labute approximate surface area is 113 Å². The fourth-order valence-corrected chi connectivity index (χ4v) is 2.12. The molecule has 100 valence electrons.